The van der Waals surface area contributed by atoms with Crippen LogP contribution in [0.5, 0.6) is 0 Å². The van der Waals surface area contributed by atoms with Crippen LogP contribution in [0.25, 0.3) is 38.2 Å². The summed E-state index contributed by atoms with van der Waals surface area (Å²) in [5.41, 5.74) is 4.94. The molecule has 4 heteroatoms. The zero-order chi connectivity index (χ0) is 19.5. The molecule has 0 spiro atoms. The molecule has 6 aromatic rings. The quantitative estimate of drug-likeness (QED) is 0.442. The van der Waals surface area contributed by atoms with Crippen molar-refractivity contribution in [3.8, 4) is 0 Å². The lowest BCUT2D eigenvalue weighted by Gasteiger charge is -2.12. The number of fused-ring (bicyclic) bond motifs is 4. The third-order valence-electron chi connectivity index (χ3n) is 5.78. The minimum atomic E-state index is 0.0201. The largest absolute Gasteiger partial charge is 0.355 e. The van der Waals surface area contributed by atoms with Crippen LogP contribution in [0, 0.1) is 0 Å². The summed E-state index contributed by atoms with van der Waals surface area (Å²) in [6.45, 7) is 0. The van der Waals surface area contributed by atoms with Crippen LogP contribution in [0.2, 0.25) is 0 Å². The van der Waals surface area contributed by atoms with E-state index in [2.05, 4.69) is 34.1 Å². The molecule has 0 bridgehead atoms. The maximum Gasteiger partial charge on any atom is 0.347 e. The van der Waals surface area contributed by atoms with Gasteiger partial charge in [-0.2, -0.15) is 4.40 Å². The molecule has 0 radical (unpaired) electrons. The van der Waals surface area contributed by atoms with Gasteiger partial charge in [0.15, 0.2) is 11.0 Å². The molecule has 0 fully saturated rings. The van der Waals surface area contributed by atoms with Gasteiger partial charge in [-0.1, -0.05) is 42.5 Å². The molecule has 138 valence electrons. The smallest absolute Gasteiger partial charge is 0.347 e. The SMILES string of the molecule is C[n+]1c2ccccc2n2c(=O)c3cccc4c(Nc5ccccc5)ccc(c43)c21. The number of anilines is 2. The Bertz CT molecular complexity index is 1600. The Kier molecular flexibility index (Phi) is 3.21. The summed E-state index contributed by atoms with van der Waals surface area (Å²) >= 11 is 0. The van der Waals surface area contributed by atoms with Crippen LogP contribution in [0.1, 0.15) is 0 Å². The van der Waals surface area contributed by atoms with E-state index in [1.807, 2.05) is 72.1 Å². The van der Waals surface area contributed by atoms with E-state index in [0.717, 1.165) is 49.6 Å². The first kappa shape index (κ1) is 16.1. The molecule has 1 N–H and O–H groups in total. The Labute approximate surface area is 166 Å². The maximum atomic E-state index is 13.5. The van der Waals surface area contributed by atoms with Crippen molar-refractivity contribution in [1.29, 1.82) is 0 Å². The fourth-order valence-electron chi connectivity index (χ4n) is 4.50. The van der Waals surface area contributed by atoms with Gasteiger partial charge in [0, 0.05) is 22.1 Å². The van der Waals surface area contributed by atoms with Crippen molar-refractivity contribution in [2.24, 2.45) is 7.05 Å². The van der Waals surface area contributed by atoms with Crippen molar-refractivity contribution in [3.05, 3.63) is 95.3 Å². The zero-order valence-electron chi connectivity index (χ0n) is 15.9. The van der Waals surface area contributed by atoms with Crippen LogP contribution in [-0.4, -0.2) is 4.40 Å². The Hall–Kier alpha value is -3.92. The van der Waals surface area contributed by atoms with Crippen LogP contribution < -0.4 is 15.4 Å². The van der Waals surface area contributed by atoms with Crippen molar-refractivity contribution in [1.82, 2.24) is 4.40 Å². The summed E-state index contributed by atoms with van der Waals surface area (Å²) in [6.07, 6.45) is 0. The Morgan fingerprint density at radius 3 is 2.38 bits per heavy atom. The van der Waals surface area contributed by atoms with E-state index in [-0.39, 0.29) is 5.56 Å². The van der Waals surface area contributed by atoms with Crippen molar-refractivity contribution in [3.63, 3.8) is 0 Å². The Balaban J connectivity index is 1.78. The van der Waals surface area contributed by atoms with Crippen LogP contribution in [-0.2, 0) is 7.05 Å². The molecule has 0 aliphatic rings. The Morgan fingerprint density at radius 2 is 1.52 bits per heavy atom. The maximum absolute atomic E-state index is 13.5. The van der Waals surface area contributed by atoms with Gasteiger partial charge in [0.05, 0.1) is 17.8 Å². The molecule has 0 atom stereocenters. The first-order valence-corrected chi connectivity index (χ1v) is 9.66. The number of pyridine rings is 1. The third-order valence-corrected chi connectivity index (χ3v) is 5.78. The second-order valence-electron chi connectivity index (χ2n) is 7.39. The number of aryl methyl sites for hydroxylation is 1. The molecular weight excluding hydrogens is 358 g/mol. The number of hydrogen-bond donors (Lipinski definition) is 1. The predicted molar refractivity (Wildman–Crippen MR) is 118 cm³/mol. The number of nitrogens with zero attached hydrogens (tertiary/aromatic N) is 2. The predicted octanol–water partition coefficient (Wildman–Crippen LogP) is 4.77. The van der Waals surface area contributed by atoms with E-state index < -0.39 is 0 Å². The van der Waals surface area contributed by atoms with Gasteiger partial charge < -0.3 is 5.32 Å². The van der Waals surface area contributed by atoms with Crippen LogP contribution in [0.4, 0.5) is 11.4 Å². The number of benzene rings is 4. The van der Waals surface area contributed by atoms with E-state index in [0.29, 0.717) is 0 Å². The molecule has 2 aromatic heterocycles. The highest BCUT2D eigenvalue weighted by molar-refractivity contribution is 6.18. The summed E-state index contributed by atoms with van der Waals surface area (Å²) in [4.78, 5) is 13.5. The van der Waals surface area contributed by atoms with Gasteiger partial charge in [-0.05, 0) is 42.5 Å². The summed E-state index contributed by atoms with van der Waals surface area (Å²) in [6, 6.07) is 28.3. The van der Waals surface area contributed by atoms with Gasteiger partial charge in [0.1, 0.15) is 0 Å². The second-order valence-corrected chi connectivity index (χ2v) is 7.39. The van der Waals surface area contributed by atoms with Crippen molar-refractivity contribution in [2.75, 3.05) is 5.32 Å². The van der Waals surface area contributed by atoms with E-state index in [4.69, 9.17) is 0 Å². The first-order valence-electron chi connectivity index (χ1n) is 9.66. The molecule has 4 aromatic carbocycles. The van der Waals surface area contributed by atoms with Crippen molar-refractivity contribution < 1.29 is 4.57 Å². The highest BCUT2D eigenvalue weighted by Crippen LogP contribution is 2.34. The molecule has 0 aliphatic carbocycles. The van der Waals surface area contributed by atoms with Crippen LogP contribution in [0.3, 0.4) is 0 Å². The minimum absolute atomic E-state index is 0.0201. The van der Waals surface area contributed by atoms with Gasteiger partial charge in [0.25, 0.3) is 5.65 Å². The molecular formula is C25H18N3O+. The lowest BCUT2D eigenvalue weighted by atomic mass is 10.0. The van der Waals surface area contributed by atoms with Crippen LogP contribution in [0.15, 0.2) is 89.7 Å². The van der Waals surface area contributed by atoms with Crippen LogP contribution >= 0.6 is 0 Å². The fraction of sp³-hybridized carbons (Fsp3) is 0.0400. The molecule has 2 heterocycles. The van der Waals surface area contributed by atoms with Crippen molar-refractivity contribution >= 4 is 49.6 Å². The molecule has 29 heavy (non-hydrogen) atoms. The number of nitrogens with one attached hydrogen (secondary N) is 1. The van der Waals surface area contributed by atoms with E-state index in [9.17, 15) is 4.79 Å². The normalized spacial score (nSPS) is 11.8. The lowest BCUT2D eigenvalue weighted by molar-refractivity contribution is -0.617. The van der Waals surface area contributed by atoms with Gasteiger partial charge in [-0.3, -0.25) is 0 Å². The van der Waals surface area contributed by atoms with Gasteiger partial charge in [0.2, 0.25) is 0 Å². The summed E-state index contributed by atoms with van der Waals surface area (Å²) in [5.74, 6) is 0. The van der Waals surface area contributed by atoms with Gasteiger partial charge in [-0.15, -0.1) is 0 Å². The molecule has 6 rings (SSSR count). The monoisotopic (exact) mass is 376 g/mol. The lowest BCUT2D eigenvalue weighted by Crippen LogP contribution is -2.29. The minimum Gasteiger partial charge on any atom is -0.355 e. The van der Waals surface area contributed by atoms with E-state index in [1.54, 1.807) is 0 Å². The number of imidazole rings is 1. The van der Waals surface area contributed by atoms with E-state index in [1.165, 1.54) is 0 Å². The topological polar surface area (TPSA) is 37.4 Å². The fourth-order valence-corrected chi connectivity index (χ4v) is 4.50. The number of para-hydroxylation sites is 3. The zero-order valence-corrected chi connectivity index (χ0v) is 15.9. The average molecular weight is 376 g/mol. The van der Waals surface area contributed by atoms with E-state index >= 15 is 0 Å². The molecule has 0 saturated heterocycles. The number of rotatable bonds is 2. The molecule has 0 aliphatic heterocycles. The summed E-state index contributed by atoms with van der Waals surface area (Å²) in [7, 11) is 2.03. The van der Waals surface area contributed by atoms with Gasteiger partial charge >= 0.3 is 5.56 Å². The Morgan fingerprint density at radius 1 is 0.759 bits per heavy atom. The highest BCUT2D eigenvalue weighted by Gasteiger charge is 2.25. The first-order chi connectivity index (χ1) is 14.2. The standard InChI is InChI=1S/C25H17N3O/c1-27-21-12-5-6-13-22(21)28-24(27)18-14-15-20(26-16-8-3-2-4-9-16)17-10-7-11-19(23(17)18)25(28)29/h2-15H,1H3/p+1. The number of aromatic nitrogens is 2. The summed E-state index contributed by atoms with van der Waals surface area (Å²) in [5, 5.41) is 7.37. The highest BCUT2D eigenvalue weighted by atomic mass is 16.1. The number of hydrogen-bond acceptors (Lipinski definition) is 2. The average Bonchev–Trinajstić information content (AvgIpc) is 3.07. The molecule has 4 nitrogen and oxygen atoms in total. The molecule has 0 unspecified atom stereocenters. The van der Waals surface area contributed by atoms with Gasteiger partial charge in [-0.25, -0.2) is 9.36 Å². The molecule has 0 saturated carbocycles. The molecule has 0 amide bonds. The summed E-state index contributed by atoms with van der Waals surface area (Å²) < 4.78 is 3.96. The third kappa shape index (κ3) is 2.14. The second kappa shape index (κ2) is 5.79. The van der Waals surface area contributed by atoms with Crippen molar-refractivity contribution in [2.45, 2.75) is 0 Å².